The molecule has 0 aromatic carbocycles. The van der Waals surface area contributed by atoms with Gasteiger partial charge in [-0.05, 0) is 19.1 Å². The van der Waals surface area contributed by atoms with Gasteiger partial charge in [0.05, 0.1) is 0 Å². The van der Waals surface area contributed by atoms with Gasteiger partial charge >= 0.3 is 0 Å². The molecule has 2 heterocycles. The number of nitrogens with two attached hydrogens (primary N) is 1. The Kier molecular flexibility index (Phi) is 4.06. The fraction of sp³-hybridized carbons (Fsp3) is 0.333. The van der Waals surface area contributed by atoms with Crippen molar-refractivity contribution < 1.29 is 4.52 Å². The van der Waals surface area contributed by atoms with Crippen molar-refractivity contribution in [2.75, 3.05) is 11.9 Å². The van der Waals surface area contributed by atoms with Crippen molar-refractivity contribution >= 4 is 23.0 Å². The molecule has 6 nitrogen and oxygen atoms in total. The van der Waals surface area contributed by atoms with Gasteiger partial charge in [0, 0.05) is 31.1 Å². The monoisotopic (exact) mass is 277 g/mol. The first-order valence-electron chi connectivity index (χ1n) is 5.86. The van der Waals surface area contributed by atoms with E-state index < -0.39 is 0 Å². The van der Waals surface area contributed by atoms with E-state index in [1.54, 1.807) is 6.92 Å². The predicted molar refractivity (Wildman–Crippen MR) is 76.1 cm³/mol. The summed E-state index contributed by atoms with van der Waals surface area (Å²) in [6, 6.07) is 3.69. The van der Waals surface area contributed by atoms with E-state index in [2.05, 4.69) is 20.4 Å². The van der Waals surface area contributed by atoms with Gasteiger partial charge in [-0.3, -0.25) is 0 Å². The first-order valence-corrected chi connectivity index (χ1v) is 6.27. The molecular formula is C12H15N5OS. The topological polar surface area (TPSA) is 89.9 Å². The Hall–Kier alpha value is -2.02. The molecule has 0 bridgehead atoms. The summed E-state index contributed by atoms with van der Waals surface area (Å²) in [6.45, 7) is 4.32. The maximum absolute atomic E-state index is 5.62. The summed E-state index contributed by atoms with van der Waals surface area (Å²) < 4.78 is 4.90. The number of aromatic nitrogens is 3. The second-order valence-corrected chi connectivity index (χ2v) is 4.59. The van der Waals surface area contributed by atoms with E-state index in [1.807, 2.05) is 19.1 Å². The zero-order valence-electron chi connectivity index (χ0n) is 10.8. The molecule has 0 saturated carbocycles. The number of nitrogens with zero attached hydrogens (tertiary/aromatic N) is 3. The number of thiocarbonyl (C=S) groups is 1. The van der Waals surface area contributed by atoms with Crippen LogP contribution in [0.4, 0.5) is 5.82 Å². The molecular weight excluding hydrogens is 262 g/mol. The molecule has 0 aliphatic rings. The van der Waals surface area contributed by atoms with Crippen LogP contribution in [0.5, 0.6) is 0 Å². The second kappa shape index (κ2) is 5.75. The molecule has 0 spiro atoms. The first-order chi connectivity index (χ1) is 9.04. The average Bonchev–Trinajstić information content (AvgIpc) is 2.74. The van der Waals surface area contributed by atoms with Gasteiger partial charge in [0.1, 0.15) is 10.8 Å². The van der Waals surface area contributed by atoms with E-state index >= 15 is 0 Å². The predicted octanol–water partition coefficient (Wildman–Crippen LogP) is 1.37. The van der Waals surface area contributed by atoms with E-state index in [1.165, 1.54) is 0 Å². The van der Waals surface area contributed by atoms with Crippen LogP contribution >= 0.6 is 12.2 Å². The van der Waals surface area contributed by atoms with Crippen LogP contribution in [0.15, 0.2) is 16.7 Å². The molecule has 0 radical (unpaired) electrons. The third-order valence-corrected chi connectivity index (χ3v) is 2.70. The quantitative estimate of drug-likeness (QED) is 0.798. The van der Waals surface area contributed by atoms with E-state index in [-0.39, 0.29) is 0 Å². The van der Waals surface area contributed by atoms with E-state index in [0.29, 0.717) is 29.7 Å². The molecule has 2 rings (SSSR count). The van der Waals surface area contributed by atoms with Crippen molar-refractivity contribution in [3.05, 3.63) is 35.1 Å². The van der Waals surface area contributed by atoms with Crippen LogP contribution in [-0.4, -0.2) is 26.7 Å². The van der Waals surface area contributed by atoms with Crippen molar-refractivity contribution in [2.24, 2.45) is 5.73 Å². The number of anilines is 1. The van der Waals surface area contributed by atoms with Crippen LogP contribution in [0.25, 0.3) is 0 Å². The van der Waals surface area contributed by atoms with Crippen LogP contribution in [0, 0.1) is 13.8 Å². The Morgan fingerprint density at radius 3 is 2.79 bits per heavy atom. The average molecular weight is 277 g/mol. The molecule has 2 aromatic heterocycles. The number of pyridine rings is 1. The van der Waals surface area contributed by atoms with Gasteiger partial charge in [-0.2, -0.15) is 4.98 Å². The summed E-state index contributed by atoms with van der Waals surface area (Å²) in [5.74, 6) is 1.98. The Morgan fingerprint density at radius 2 is 2.16 bits per heavy atom. The van der Waals surface area contributed by atoms with Crippen LogP contribution < -0.4 is 11.1 Å². The molecule has 2 aromatic rings. The lowest BCUT2D eigenvalue weighted by molar-refractivity contribution is 0.387. The van der Waals surface area contributed by atoms with Crippen molar-refractivity contribution in [1.82, 2.24) is 15.1 Å². The van der Waals surface area contributed by atoms with E-state index in [4.69, 9.17) is 22.5 Å². The zero-order valence-corrected chi connectivity index (χ0v) is 11.6. The lowest BCUT2D eigenvalue weighted by atomic mass is 10.2. The number of aryl methyl sites for hydroxylation is 2. The molecule has 100 valence electrons. The van der Waals surface area contributed by atoms with Gasteiger partial charge < -0.3 is 15.6 Å². The van der Waals surface area contributed by atoms with Gasteiger partial charge in [-0.15, -0.1) is 0 Å². The lowest BCUT2D eigenvalue weighted by Gasteiger charge is -2.07. The number of rotatable bonds is 5. The van der Waals surface area contributed by atoms with Gasteiger partial charge in [-0.25, -0.2) is 4.98 Å². The Labute approximate surface area is 116 Å². The second-order valence-electron chi connectivity index (χ2n) is 4.15. The van der Waals surface area contributed by atoms with Gasteiger partial charge in [0.15, 0.2) is 5.82 Å². The van der Waals surface area contributed by atoms with Crippen molar-refractivity contribution in [1.29, 1.82) is 0 Å². The van der Waals surface area contributed by atoms with Crippen LogP contribution in [0.2, 0.25) is 0 Å². The molecule has 0 atom stereocenters. The Morgan fingerprint density at radius 1 is 1.37 bits per heavy atom. The molecule has 0 unspecified atom stereocenters. The summed E-state index contributed by atoms with van der Waals surface area (Å²) in [7, 11) is 0. The molecule has 19 heavy (non-hydrogen) atoms. The fourth-order valence-electron chi connectivity index (χ4n) is 1.65. The summed E-state index contributed by atoms with van der Waals surface area (Å²) in [5.41, 5.74) is 7.29. The highest BCUT2D eigenvalue weighted by Crippen LogP contribution is 2.10. The van der Waals surface area contributed by atoms with Crippen LogP contribution in [-0.2, 0) is 6.42 Å². The minimum absolute atomic E-state index is 0.363. The Bertz CT molecular complexity index is 596. The van der Waals surface area contributed by atoms with Crippen molar-refractivity contribution in [3.63, 3.8) is 0 Å². The molecule has 3 N–H and O–H groups in total. The normalized spacial score (nSPS) is 10.4. The van der Waals surface area contributed by atoms with Gasteiger partial charge in [0.2, 0.25) is 5.89 Å². The maximum atomic E-state index is 5.62. The fourth-order valence-corrected chi connectivity index (χ4v) is 1.76. The number of hydrogen-bond acceptors (Lipinski definition) is 6. The summed E-state index contributed by atoms with van der Waals surface area (Å²) in [4.78, 5) is 8.85. The zero-order chi connectivity index (χ0) is 13.8. The number of nitrogens with one attached hydrogen (secondary N) is 1. The highest BCUT2D eigenvalue weighted by Gasteiger charge is 2.04. The molecule has 0 fully saturated rings. The first kappa shape index (κ1) is 13.4. The lowest BCUT2D eigenvalue weighted by Crippen LogP contribution is -2.13. The Balaban J connectivity index is 1.97. The van der Waals surface area contributed by atoms with Crippen LogP contribution in [0.1, 0.15) is 23.0 Å². The van der Waals surface area contributed by atoms with E-state index in [0.717, 1.165) is 17.1 Å². The van der Waals surface area contributed by atoms with Crippen molar-refractivity contribution in [3.8, 4) is 0 Å². The van der Waals surface area contributed by atoms with Crippen LogP contribution in [0.3, 0.4) is 0 Å². The largest absolute Gasteiger partial charge is 0.389 e. The highest BCUT2D eigenvalue weighted by molar-refractivity contribution is 7.80. The summed E-state index contributed by atoms with van der Waals surface area (Å²) >= 11 is 4.96. The molecule has 0 aliphatic carbocycles. The molecule has 0 aliphatic heterocycles. The number of hydrogen-bond donors (Lipinski definition) is 2. The van der Waals surface area contributed by atoms with Gasteiger partial charge in [0.25, 0.3) is 0 Å². The summed E-state index contributed by atoms with van der Waals surface area (Å²) in [6.07, 6.45) is 0.662. The standard InChI is InChI=1S/C12H15N5OS/c1-7-5-9(12(13)19)6-11(15-7)14-4-3-10-16-8(2)18-17-10/h5-6H,3-4H2,1-2H3,(H2,13,19)(H,14,15). The SMILES string of the molecule is Cc1cc(C(N)=S)cc(NCCc2noc(C)n2)n1. The van der Waals surface area contributed by atoms with Crippen molar-refractivity contribution in [2.45, 2.75) is 20.3 Å². The third-order valence-electron chi connectivity index (χ3n) is 2.46. The molecule has 0 amide bonds. The maximum Gasteiger partial charge on any atom is 0.223 e. The molecule has 7 heteroatoms. The molecule has 0 saturated heterocycles. The summed E-state index contributed by atoms with van der Waals surface area (Å²) in [5, 5.41) is 7.01. The minimum atomic E-state index is 0.363. The highest BCUT2D eigenvalue weighted by atomic mass is 32.1. The van der Waals surface area contributed by atoms with Gasteiger partial charge in [-0.1, -0.05) is 17.4 Å². The smallest absolute Gasteiger partial charge is 0.223 e. The van der Waals surface area contributed by atoms with E-state index in [9.17, 15) is 0 Å². The third kappa shape index (κ3) is 3.72. The minimum Gasteiger partial charge on any atom is -0.389 e.